The zero-order valence-corrected chi connectivity index (χ0v) is 16.5. The van der Waals surface area contributed by atoms with Crippen LogP contribution in [0.1, 0.15) is 44.2 Å². The Morgan fingerprint density at radius 1 is 1.08 bits per heavy atom. The fourth-order valence-corrected chi connectivity index (χ4v) is 3.51. The summed E-state index contributed by atoms with van der Waals surface area (Å²) in [5, 5.41) is 0.0947. The smallest absolute Gasteiger partial charge is 0.193 e. The molecule has 0 bridgehead atoms. The maximum atomic E-state index is 6.61. The molecule has 1 heterocycles. The largest absolute Gasteiger partial charge is 0.497 e. The van der Waals surface area contributed by atoms with Crippen molar-refractivity contribution in [2.45, 2.75) is 51.0 Å². The fraction of sp³-hybridized carbons (Fsp3) is 0.474. The summed E-state index contributed by atoms with van der Waals surface area (Å²) in [7, 11) is -0.348. The van der Waals surface area contributed by atoms with Gasteiger partial charge in [-0.05, 0) is 48.0 Å². The van der Waals surface area contributed by atoms with Crippen molar-refractivity contribution < 1.29 is 13.6 Å². The van der Waals surface area contributed by atoms with Gasteiger partial charge in [-0.1, -0.05) is 32.9 Å². The van der Waals surface area contributed by atoms with Crippen molar-refractivity contribution >= 4 is 8.32 Å². The lowest BCUT2D eigenvalue weighted by molar-refractivity contribution is 0.129. The predicted octanol–water partition coefficient (Wildman–Crippen LogP) is 5.05. The molecule has 2 rings (SSSR count). The maximum absolute atomic E-state index is 6.61. The van der Waals surface area contributed by atoms with Crippen molar-refractivity contribution in [1.29, 1.82) is 0 Å². The van der Waals surface area contributed by atoms with E-state index in [0.717, 1.165) is 17.1 Å². The van der Waals surface area contributed by atoms with Gasteiger partial charge in [0, 0.05) is 0 Å². The van der Waals surface area contributed by atoms with Crippen LogP contribution in [-0.4, -0.2) is 15.4 Å². The standard InChI is InChI=1S/C19H29NO3Si/c1-19(2,3)24(5,6)23-18(16-8-7-13-22-16)17(20)14-9-11-15(21-4)12-10-14/h7-13,17-18H,20H2,1-6H3/t17-,18+/m0/s1. The van der Waals surface area contributed by atoms with Gasteiger partial charge >= 0.3 is 0 Å². The van der Waals surface area contributed by atoms with Crippen LogP contribution in [0.4, 0.5) is 0 Å². The summed E-state index contributed by atoms with van der Waals surface area (Å²) in [4.78, 5) is 0. The van der Waals surface area contributed by atoms with Crippen molar-refractivity contribution in [3.05, 3.63) is 54.0 Å². The van der Waals surface area contributed by atoms with Crippen LogP contribution in [0.15, 0.2) is 47.1 Å². The van der Waals surface area contributed by atoms with E-state index >= 15 is 0 Å². The lowest BCUT2D eigenvalue weighted by atomic mass is 10.0. The van der Waals surface area contributed by atoms with E-state index in [-0.39, 0.29) is 17.2 Å². The molecule has 0 fully saturated rings. The fourth-order valence-electron chi connectivity index (χ4n) is 2.26. The van der Waals surface area contributed by atoms with Gasteiger partial charge in [0.1, 0.15) is 17.6 Å². The topological polar surface area (TPSA) is 57.6 Å². The van der Waals surface area contributed by atoms with E-state index < -0.39 is 8.32 Å². The molecule has 0 radical (unpaired) electrons. The summed E-state index contributed by atoms with van der Waals surface area (Å²) >= 11 is 0. The Morgan fingerprint density at radius 2 is 1.71 bits per heavy atom. The van der Waals surface area contributed by atoms with Crippen molar-refractivity contribution in [3.8, 4) is 5.75 Å². The molecule has 132 valence electrons. The third kappa shape index (κ3) is 4.09. The van der Waals surface area contributed by atoms with Crippen molar-refractivity contribution in [1.82, 2.24) is 0 Å². The normalized spacial score (nSPS) is 15.1. The van der Waals surface area contributed by atoms with Crippen LogP contribution in [0.2, 0.25) is 18.1 Å². The second kappa shape index (κ2) is 7.13. The molecule has 0 aliphatic carbocycles. The molecular formula is C19H29NO3Si. The lowest BCUT2D eigenvalue weighted by Crippen LogP contribution is -2.43. The highest BCUT2D eigenvalue weighted by molar-refractivity contribution is 6.74. The van der Waals surface area contributed by atoms with Gasteiger partial charge in [-0.3, -0.25) is 0 Å². The first kappa shape index (κ1) is 18.8. The molecule has 2 aromatic rings. The highest BCUT2D eigenvalue weighted by Gasteiger charge is 2.41. The average molecular weight is 348 g/mol. The highest BCUT2D eigenvalue weighted by atomic mass is 28.4. The van der Waals surface area contributed by atoms with Crippen LogP contribution in [0.5, 0.6) is 5.75 Å². The molecule has 0 saturated heterocycles. The Bertz CT molecular complexity index is 630. The highest BCUT2D eigenvalue weighted by Crippen LogP contribution is 2.42. The Kier molecular flexibility index (Phi) is 5.58. The Hall–Kier alpha value is -1.56. The minimum absolute atomic E-state index is 0.0947. The quantitative estimate of drug-likeness (QED) is 0.743. The van der Waals surface area contributed by atoms with Gasteiger partial charge in [-0.25, -0.2) is 0 Å². The third-order valence-corrected chi connectivity index (χ3v) is 9.33. The average Bonchev–Trinajstić information content (AvgIpc) is 3.05. The molecule has 0 unspecified atom stereocenters. The summed E-state index contributed by atoms with van der Waals surface area (Å²) in [6.07, 6.45) is 1.35. The number of benzene rings is 1. The molecule has 1 aromatic heterocycles. The second-order valence-corrected chi connectivity index (χ2v) is 12.4. The van der Waals surface area contributed by atoms with Crippen LogP contribution in [0.3, 0.4) is 0 Å². The summed E-state index contributed by atoms with van der Waals surface area (Å²) in [5.74, 6) is 1.58. The third-order valence-electron chi connectivity index (χ3n) is 4.88. The van der Waals surface area contributed by atoms with E-state index in [1.54, 1.807) is 13.4 Å². The zero-order valence-electron chi connectivity index (χ0n) is 15.5. The summed E-state index contributed by atoms with van der Waals surface area (Å²) in [5.41, 5.74) is 7.57. The van der Waals surface area contributed by atoms with Crippen LogP contribution in [0, 0.1) is 0 Å². The molecule has 1 aromatic carbocycles. The molecule has 2 atom stereocenters. The summed E-state index contributed by atoms with van der Waals surface area (Å²) in [6.45, 7) is 11.1. The first-order valence-corrected chi connectivity index (χ1v) is 11.2. The minimum Gasteiger partial charge on any atom is -0.497 e. The maximum Gasteiger partial charge on any atom is 0.193 e. The SMILES string of the molecule is COc1ccc([C@H](N)[C@H](O[Si](C)(C)C(C)(C)C)c2ccco2)cc1. The number of hydrogen-bond donors (Lipinski definition) is 1. The Morgan fingerprint density at radius 3 is 2.17 bits per heavy atom. The van der Waals surface area contributed by atoms with E-state index in [2.05, 4.69) is 33.9 Å². The molecule has 0 saturated carbocycles. The molecular weight excluding hydrogens is 318 g/mol. The van der Waals surface area contributed by atoms with Gasteiger partial charge in [0.05, 0.1) is 19.4 Å². The van der Waals surface area contributed by atoms with Crippen LogP contribution >= 0.6 is 0 Å². The van der Waals surface area contributed by atoms with Gasteiger partial charge < -0.3 is 19.3 Å². The van der Waals surface area contributed by atoms with Crippen molar-refractivity contribution in [3.63, 3.8) is 0 Å². The van der Waals surface area contributed by atoms with Crippen LogP contribution < -0.4 is 10.5 Å². The van der Waals surface area contributed by atoms with Crippen LogP contribution in [-0.2, 0) is 4.43 Å². The number of rotatable bonds is 6. The molecule has 24 heavy (non-hydrogen) atoms. The first-order valence-electron chi connectivity index (χ1n) is 8.26. The van der Waals surface area contributed by atoms with Crippen molar-refractivity contribution in [2.24, 2.45) is 5.73 Å². The number of furan rings is 1. The van der Waals surface area contributed by atoms with Gasteiger partial charge in [0.15, 0.2) is 8.32 Å². The molecule has 4 nitrogen and oxygen atoms in total. The van der Waals surface area contributed by atoms with E-state index in [1.165, 1.54) is 0 Å². The van der Waals surface area contributed by atoms with E-state index in [9.17, 15) is 0 Å². The molecule has 0 amide bonds. The predicted molar refractivity (Wildman–Crippen MR) is 99.7 cm³/mol. The summed E-state index contributed by atoms with van der Waals surface area (Å²) in [6, 6.07) is 11.3. The van der Waals surface area contributed by atoms with E-state index in [1.807, 2.05) is 36.4 Å². The number of ether oxygens (including phenoxy) is 1. The summed E-state index contributed by atoms with van der Waals surface area (Å²) < 4.78 is 17.5. The van der Waals surface area contributed by atoms with E-state index in [4.69, 9.17) is 19.3 Å². The molecule has 0 aliphatic heterocycles. The lowest BCUT2D eigenvalue weighted by Gasteiger charge is -2.40. The number of methoxy groups -OCH3 is 1. The number of hydrogen-bond acceptors (Lipinski definition) is 4. The van der Waals surface area contributed by atoms with E-state index in [0.29, 0.717) is 0 Å². The van der Waals surface area contributed by atoms with Gasteiger partial charge in [-0.2, -0.15) is 0 Å². The molecule has 5 heteroatoms. The Labute approximate surface area is 146 Å². The second-order valence-electron chi connectivity index (χ2n) is 7.61. The monoisotopic (exact) mass is 347 g/mol. The van der Waals surface area contributed by atoms with Gasteiger partial charge in [0.25, 0.3) is 0 Å². The molecule has 0 spiro atoms. The minimum atomic E-state index is -2.00. The van der Waals surface area contributed by atoms with Gasteiger partial charge in [0.2, 0.25) is 0 Å². The first-order chi connectivity index (χ1) is 11.2. The molecule has 2 N–H and O–H groups in total. The zero-order chi connectivity index (χ0) is 18.0. The Balaban J connectivity index is 2.32. The molecule has 0 aliphatic rings. The van der Waals surface area contributed by atoms with Crippen LogP contribution in [0.25, 0.3) is 0 Å². The van der Waals surface area contributed by atoms with Gasteiger partial charge in [-0.15, -0.1) is 0 Å². The van der Waals surface area contributed by atoms with Crippen molar-refractivity contribution in [2.75, 3.05) is 7.11 Å². The number of nitrogens with two attached hydrogens (primary N) is 1.